The third-order valence-corrected chi connectivity index (χ3v) is 4.07. The fourth-order valence-electron chi connectivity index (χ4n) is 2.94. The lowest BCUT2D eigenvalue weighted by atomic mass is 10.0. The van der Waals surface area contributed by atoms with Gasteiger partial charge in [0.25, 0.3) is 5.91 Å². The molecule has 1 N–H and O–H groups in total. The van der Waals surface area contributed by atoms with Gasteiger partial charge in [0.1, 0.15) is 0 Å². The van der Waals surface area contributed by atoms with Crippen LogP contribution in [0.25, 0.3) is 10.9 Å². The van der Waals surface area contributed by atoms with Gasteiger partial charge in [-0.1, -0.05) is 25.1 Å². The number of amides is 1. The van der Waals surface area contributed by atoms with E-state index in [9.17, 15) is 4.79 Å². The standard InChI is InChI=1S/C17H21N3O/c1-3-13-5-4-6-14-15(11-12(2)19-16(13)14)17(21)20-9-7-18-8-10-20/h4-6,11,18H,3,7-10H2,1-2H3. The number of nitrogens with zero attached hydrogens (tertiary/aromatic N) is 2. The van der Waals surface area contributed by atoms with Gasteiger partial charge in [-0.05, 0) is 25.0 Å². The van der Waals surface area contributed by atoms with Crippen LogP contribution in [0.5, 0.6) is 0 Å². The van der Waals surface area contributed by atoms with Gasteiger partial charge in [-0.15, -0.1) is 0 Å². The van der Waals surface area contributed by atoms with E-state index < -0.39 is 0 Å². The van der Waals surface area contributed by atoms with Gasteiger partial charge < -0.3 is 10.2 Å². The van der Waals surface area contributed by atoms with Crippen molar-refractivity contribution in [3.8, 4) is 0 Å². The van der Waals surface area contributed by atoms with E-state index in [1.54, 1.807) is 0 Å². The number of piperazine rings is 1. The number of pyridine rings is 1. The van der Waals surface area contributed by atoms with E-state index in [4.69, 9.17) is 0 Å². The van der Waals surface area contributed by atoms with Gasteiger partial charge in [0.2, 0.25) is 0 Å². The zero-order valence-electron chi connectivity index (χ0n) is 12.6. The highest BCUT2D eigenvalue weighted by molar-refractivity contribution is 6.06. The molecule has 0 saturated carbocycles. The number of hydrogen-bond donors (Lipinski definition) is 1. The molecule has 110 valence electrons. The van der Waals surface area contributed by atoms with Gasteiger partial charge in [0.05, 0.1) is 11.1 Å². The number of rotatable bonds is 2. The highest BCUT2D eigenvalue weighted by atomic mass is 16.2. The van der Waals surface area contributed by atoms with Crippen LogP contribution < -0.4 is 5.32 Å². The number of nitrogens with one attached hydrogen (secondary N) is 1. The molecule has 0 aliphatic carbocycles. The fraction of sp³-hybridized carbons (Fsp3) is 0.412. The van der Waals surface area contributed by atoms with Crippen LogP contribution in [0.3, 0.4) is 0 Å². The Kier molecular flexibility index (Phi) is 3.88. The lowest BCUT2D eigenvalue weighted by Crippen LogP contribution is -2.46. The van der Waals surface area contributed by atoms with Gasteiger partial charge in [-0.2, -0.15) is 0 Å². The van der Waals surface area contributed by atoms with Crippen molar-refractivity contribution in [3.63, 3.8) is 0 Å². The summed E-state index contributed by atoms with van der Waals surface area (Å²) in [5.74, 6) is 0.125. The van der Waals surface area contributed by atoms with Crippen molar-refractivity contribution in [1.82, 2.24) is 15.2 Å². The van der Waals surface area contributed by atoms with Crippen LogP contribution in [0.1, 0.15) is 28.5 Å². The summed E-state index contributed by atoms with van der Waals surface area (Å²) in [7, 11) is 0. The number of fused-ring (bicyclic) bond motifs is 1. The molecule has 4 nitrogen and oxygen atoms in total. The molecule has 1 fully saturated rings. The largest absolute Gasteiger partial charge is 0.336 e. The second-order valence-electron chi connectivity index (χ2n) is 5.52. The van der Waals surface area contributed by atoms with E-state index in [0.717, 1.165) is 54.8 Å². The van der Waals surface area contributed by atoms with Crippen LogP contribution >= 0.6 is 0 Å². The minimum atomic E-state index is 0.125. The van der Waals surface area contributed by atoms with Crippen molar-refractivity contribution in [2.45, 2.75) is 20.3 Å². The van der Waals surface area contributed by atoms with Crippen molar-refractivity contribution in [3.05, 3.63) is 41.1 Å². The smallest absolute Gasteiger partial charge is 0.254 e. The second kappa shape index (κ2) is 5.82. The molecular formula is C17H21N3O. The average Bonchev–Trinajstić information content (AvgIpc) is 2.53. The lowest BCUT2D eigenvalue weighted by Gasteiger charge is -2.28. The molecule has 4 heteroatoms. The molecule has 0 spiro atoms. The van der Waals surface area contributed by atoms with Gasteiger partial charge in [-0.3, -0.25) is 9.78 Å². The zero-order valence-corrected chi connectivity index (χ0v) is 12.6. The SMILES string of the molecule is CCc1cccc2c(C(=O)N3CCNCC3)cc(C)nc12. The minimum Gasteiger partial charge on any atom is -0.336 e. The Labute approximate surface area is 125 Å². The Hall–Kier alpha value is -1.94. The predicted molar refractivity (Wildman–Crippen MR) is 84.6 cm³/mol. The minimum absolute atomic E-state index is 0.125. The van der Waals surface area contributed by atoms with Crippen molar-refractivity contribution in [2.24, 2.45) is 0 Å². The predicted octanol–water partition coefficient (Wildman–Crippen LogP) is 2.15. The maximum absolute atomic E-state index is 12.8. The molecule has 1 aliphatic heterocycles. The molecular weight excluding hydrogens is 262 g/mol. The Balaban J connectivity index is 2.11. The number of para-hydroxylation sites is 1. The molecule has 3 rings (SSSR count). The van der Waals surface area contributed by atoms with E-state index >= 15 is 0 Å². The Morgan fingerprint density at radius 3 is 2.81 bits per heavy atom. The summed E-state index contributed by atoms with van der Waals surface area (Å²) in [6.07, 6.45) is 0.926. The first kappa shape index (κ1) is 14.0. The molecule has 0 atom stereocenters. The topological polar surface area (TPSA) is 45.2 Å². The van der Waals surface area contributed by atoms with E-state index in [2.05, 4.69) is 23.3 Å². The number of aromatic nitrogens is 1. The zero-order chi connectivity index (χ0) is 14.8. The molecule has 21 heavy (non-hydrogen) atoms. The Morgan fingerprint density at radius 2 is 2.10 bits per heavy atom. The first-order valence-electron chi connectivity index (χ1n) is 7.60. The molecule has 0 unspecified atom stereocenters. The number of aryl methyl sites for hydroxylation is 2. The third-order valence-electron chi connectivity index (χ3n) is 4.07. The Morgan fingerprint density at radius 1 is 1.33 bits per heavy atom. The van der Waals surface area contributed by atoms with Gasteiger partial charge in [0, 0.05) is 37.3 Å². The maximum Gasteiger partial charge on any atom is 0.254 e. The average molecular weight is 283 g/mol. The summed E-state index contributed by atoms with van der Waals surface area (Å²) >= 11 is 0. The van der Waals surface area contributed by atoms with Crippen LogP contribution in [0.15, 0.2) is 24.3 Å². The van der Waals surface area contributed by atoms with Crippen LogP contribution in [0.4, 0.5) is 0 Å². The summed E-state index contributed by atoms with van der Waals surface area (Å²) in [4.78, 5) is 19.4. The summed E-state index contributed by atoms with van der Waals surface area (Å²) in [6.45, 7) is 7.36. The van der Waals surface area contributed by atoms with Crippen LogP contribution in [-0.4, -0.2) is 42.0 Å². The monoisotopic (exact) mass is 283 g/mol. The number of carbonyl (C=O) groups excluding carboxylic acids is 1. The maximum atomic E-state index is 12.8. The molecule has 0 bridgehead atoms. The van der Waals surface area contributed by atoms with Crippen LogP contribution in [-0.2, 0) is 6.42 Å². The van der Waals surface area contributed by atoms with Crippen LogP contribution in [0.2, 0.25) is 0 Å². The Bertz CT molecular complexity index is 675. The highest BCUT2D eigenvalue weighted by Gasteiger charge is 2.21. The quantitative estimate of drug-likeness (QED) is 0.918. The summed E-state index contributed by atoms with van der Waals surface area (Å²) in [6, 6.07) is 8.04. The molecule has 0 radical (unpaired) electrons. The summed E-state index contributed by atoms with van der Waals surface area (Å²) in [5, 5.41) is 4.26. The van der Waals surface area contributed by atoms with Crippen molar-refractivity contribution < 1.29 is 4.79 Å². The molecule has 1 aromatic carbocycles. The van der Waals surface area contributed by atoms with E-state index in [1.807, 2.05) is 30.0 Å². The van der Waals surface area contributed by atoms with E-state index in [1.165, 1.54) is 5.56 Å². The normalized spacial score (nSPS) is 15.4. The number of hydrogen-bond acceptors (Lipinski definition) is 3. The first-order valence-corrected chi connectivity index (χ1v) is 7.60. The molecule has 1 saturated heterocycles. The molecule has 2 heterocycles. The number of carbonyl (C=O) groups is 1. The van der Waals surface area contributed by atoms with Gasteiger partial charge in [0.15, 0.2) is 0 Å². The molecule has 1 aliphatic rings. The van der Waals surface area contributed by atoms with E-state index in [-0.39, 0.29) is 5.91 Å². The molecule has 2 aromatic rings. The van der Waals surface area contributed by atoms with Gasteiger partial charge in [-0.25, -0.2) is 0 Å². The van der Waals surface area contributed by atoms with Crippen molar-refractivity contribution in [1.29, 1.82) is 0 Å². The van der Waals surface area contributed by atoms with Crippen molar-refractivity contribution >= 4 is 16.8 Å². The lowest BCUT2D eigenvalue weighted by molar-refractivity contribution is 0.0737. The third kappa shape index (κ3) is 2.63. The fourth-order valence-corrected chi connectivity index (χ4v) is 2.94. The number of benzene rings is 1. The summed E-state index contributed by atoms with van der Waals surface area (Å²) in [5.41, 5.74) is 3.86. The van der Waals surface area contributed by atoms with Crippen LogP contribution in [0, 0.1) is 6.92 Å². The second-order valence-corrected chi connectivity index (χ2v) is 5.52. The first-order chi connectivity index (χ1) is 10.2. The molecule has 1 amide bonds. The van der Waals surface area contributed by atoms with E-state index in [0.29, 0.717) is 0 Å². The highest BCUT2D eigenvalue weighted by Crippen LogP contribution is 2.23. The molecule has 1 aromatic heterocycles. The van der Waals surface area contributed by atoms with Crippen molar-refractivity contribution in [2.75, 3.05) is 26.2 Å². The van der Waals surface area contributed by atoms with Gasteiger partial charge >= 0.3 is 0 Å². The summed E-state index contributed by atoms with van der Waals surface area (Å²) < 4.78 is 0.